The molecule has 2 fully saturated rings. The number of likely N-dealkylation sites (N-methyl/N-ethyl adjacent to an activating group) is 1. The highest BCUT2D eigenvalue weighted by Crippen LogP contribution is 2.34. The first-order valence-electron chi connectivity index (χ1n) is 7.56. The minimum Gasteiger partial charge on any atom is -0.354 e. The van der Waals surface area contributed by atoms with Crippen molar-refractivity contribution in [2.45, 2.75) is 50.6 Å². The van der Waals surface area contributed by atoms with Gasteiger partial charge in [-0.25, -0.2) is 4.79 Å². The normalized spacial score (nSPS) is 20.7. The van der Waals surface area contributed by atoms with Gasteiger partial charge in [-0.1, -0.05) is 12.8 Å². The van der Waals surface area contributed by atoms with Crippen LogP contribution in [-0.2, 0) is 9.59 Å². The molecule has 126 valence electrons. The number of nitrogens with zero attached hydrogens (tertiary/aromatic N) is 1. The highest BCUT2D eigenvalue weighted by molar-refractivity contribution is 6.07. The van der Waals surface area contributed by atoms with Crippen LogP contribution in [0.25, 0.3) is 0 Å². The molecule has 0 aromatic rings. The topological polar surface area (TPSA) is 90.5 Å². The number of rotatable bonds is 6. The quantitative estimate of drug-likeness (QED) is 0.614. The fourth-order valence-corrected chi connectivity index (χ4v) is 2.87. The Morgan fingerprint density at radius 3 is 2.59 bits per heavy atom. The van der Waals surface area contributed by atoms with Crippen LogP contribution in [0.15, 0.2) is 0 Å². The Kier molecular flexibility index (Phi) is 6.62. The van der Waals surface area contributed by atoms with Crippen molar-refractivity contribution < 1.29 is 14.4 Å². The number of carbonyl (C=O) groups is 3. The minimum atomic E-state index is -0.686. The predicted octanol–water partition coefficient (Wildman–Crippen LogP) is 0.387. The molecular weight excluding hydrogens is 308 g/mol. The molecule has 1 aliphatic heterocycles. The number of imide groups is 1. The van der Waals surface area contributed by atoms with E-state index < -0.39 is 5.54 Å². The lowest BCUT2D eigenvalue weighted by molar-refractivity contribution is -0.131. The summed E-state index contributed by atoms with van der Waals surface area (Å²) in [5, 5.41) is 8.61. The van der Waals surface area contributed by atoms with E-state index >= 15 is 0 Å². The molecule has 1 unspecified atom stereocenters. The fraction of sp³-hybridized carbons (Fsp3) is 0.786. The first kappa shape index (κ1) is 18.7. The van der Waals surface area contributed by atoms with E-state index in [1.54, 1.807) is 0 Å². The van der Waals surface area contributed by atoms with Gasteiger partial charge in [0.25, 0.3) is 5.91 Å². The smallest absolute Gasteiger partial charge is 0.325 e. The summed E-state index contributed by atoms with van der Waals surface area (Å²) in [5.41, 5.74) is -0.686. The zero-order valence-corrected chi connectivity index (χ0v) is 13.9. The van der Waals surface area contributed by atoms with Gasteiger partial charge in [0, 0.05) is 25.6 Å². The van der Waals surface area contributed by atoms with Gasteiger partial charge in [-0.2, -0.15) is 0 Å². The Labute approximate surface area is 137 Å². The lowest BCUT2D eigenvalue weighted by Crippen LogP contribution is -2.44. The third-order valence-corrected chi connectivity index (χ3v) is 4.36. The van der Waals surface area contributed by atoms with Crippen molar-refractivity contribution in [1.29, 1.82) is 0 Å². The number of nitrogens with one attached hydrogen (secondary N) is 3. The molecule has 1 aliphatic carbocycles. The van der Waals surface area contributed by atoms with E-state index in [4.69, 9.17) is 0 Å². The van der Waals surface area contributed by atoms with Crippen LogP contribution < -0.4 is 16.0 Å². The molecule has 0 radical (unpaired) electrons. The highest BCUT2D eigenvalue weighted by Gasteiger charge is 2.52. The second kappa shape index (κ2) is 7.78. The van der Waals surface area contributed by atoms with E-state index in [2.05, 4.69) is 16.0 Å². The van der Waals surface area contributed by atoms with Crippen molar-refractivity contribution in [3.63, 3.8) is 0 Å². The van der Waals surface area contributed by atoms with Crippen LogP contribution in [0.3, 0.4) is 0 Å². The summed E-state index contributed by atoms with van der Waals surface area (Å²) in [6, 6.07) is -0.175. The molecule has 1 atom stereocenters. The van der Waals surface area contributed by atoms with Gasteiger partial charge in [0.1, 0.15) is 5.54 Å². The number of hydrogen-bond acceptors (Lipinski definition) is 4. The molecule has 2 rings (SSSR count). The van der Waals surface area contributed by atoms with E-state index in [1.807, 2.05) is 14.0 Å². The number of amides is 4. The fourth-order valence-electron chi connectivity index (χ4n) is 2.87. The summed E-state index contributed by atoms with van der Waals surface area (Å²) in [5.74, 6) is -0.313. The Bertz CT molecular complexity index is 438. The molecule has 3 N–H and O–H groups in total. The zero-order chi connectivity index (χ0) is 15.5. The summed E-state index contributed by atoms with van der Waals surface area (Å²) in [6.07, 6.45) is 3.48. The second-order valence-electron chi connectivity index (χ2n) is 5.92. The van der Waals surface area contributed by atoms with E-state index in [-0.39, 0.29) is 49.3 Å². The average molecular weight is 333 g/mol. The van der Waals surface area contributed by atoms with Gasteiger partial charge in [0.2, 0.25) is 5.91 Å². The summed E-state index contributed by atoms with van der Waals surface area (Å²) in [4.78, 5) is 37.2. The first-order chi connectivity index (χ1) is 9.98. The third-order valence-electron chi connectivity index (χ3n) is 4.36. The van der Waals surface area contributed by atoms with Crippen molar-refractivity contribution in [1.82, 2.24) is 20.9 Å². The zero-order valence-electron chi connectivity index (χ0n) is 13.1. The minimum absolute atomic E-state index is 0. The van der Waals surface area contributed by atoms with E-state index in [0.717, 1.165) is 12.8 Å². The monoisotopic (exact) mass is 332 g/mol. The van der Waals surface area contributed by atoms with Gasteiger partial charge in [0.05, 0.1) is 0 Å². The Hall–Kier alpha value is -1.34. The van der Waals surface area contributed by atoms with Crippen LogP contribution >= 0.6 is 12.4 Å². The third kappa shape index (κ3) is 3.89. The lowest BCUT2D eigenvalue weighted by Gasteiger charge is -2.20. The van der Waals surface area contributed by atoms with Crippen LogP contribution in [0.2, 0.25) is 0 Å². The van der Waals surface area contributed by atoms with Crippen molar-refractivity contribution in [3.8, 4) is 0 Å². The van der Waals surface area contributed by atoms with Gasteiger partial charge < -0.3 is 16.0 Å². The standard InChI is InChI=1S/C14H24N4O3.ClH/c1-10(15-2)9-16-11(19)5-8-18-12(20)14(17-13(18)21)6-3-4-7-14;/h10,15H,3-9H2,1-2H3,(H,16,19)(H,17,21);1H. The van der Waals surface area contributed by atoms with Crippen LogP contribution in [0.1, 0.15) is 39.0 Å². The molecule has 1 saturated heterocycles. The van der Waals surface area contributed by atoms with Crippen molar-refractivity contribution in [2.75, 3.05) is 20.1 Å². The molecule has 22 heavy (non-hydrogen) atoms. The number of hydrogen-bond donors (Lipinski definition) is 3. The largest absolute Gasteiger partial charge is 0.354 e. The summed E-state index contributed by atoms with van der Waals surface area (Å²) in [6.45, 7) is 2.63. The molecule has 7 nitrogen and oxygen atoms in total. The molecule has 0 aromatic heterocycles. The lowest BCUT2D eigenvalue weighted by atomic mass is 9.98. The summed E-state index contributed by atoms with van der Waals surface area (Å²) >= 11 is 0. The molecule has 1 spiro atoms. The molecule has 0 bridgehead atoms. The van der Waals surface area contributed by atoms with Gasteiger partial charge in [-0.05, 0) is 26.8 Å². The van der Waals surface area contributed by atoms with E-state index in [1.165, 1.54) is 4.90 Å². The van der Waals surface area contributed by atoms with Gasteiger partial charge in [-0.3, -0.25) is 14.5 Å². The van der Waals surface area contributed by atoms with Crippen LogP contribution in [0.5, 0.6) is 0 Å². The number of urea groups is 1. The molecule has 0 aromatic carbocycles. The maximum Gasteiger partial charge on any atom is 0.325 e. The van der Waals surface area contributed by atoms with Crippen LogP contribution in [0, 0.1) is 0 Å². The number of carbonyl (C=O) groups excluding carboxylic acids is 3. The van der Waals surface area contributed by atoms with Crippen LogP contribution in [-0.4, -0.2) is 54.5 Å². The van der Waals surface area contributed by atoms with E-state index in [9.17, 15) is 14.4 Å². The molecular formula is C14H25ClN4O3. The summed E-state index contributed by atoms with van der Waals surface area (Å²) in [7, 11) is 1.82. The SMILES string of the molecule is CNC(C)CNC(=O)CCN1C(=O)NC2(CCCC2)C1=O.Cl. The Morgan fingerprint density at radius 1 is 1.36 bits per heavy atom. The van der Waals surface area contributed by atoms with Gasteiger partial charge >= 0.3 is 6.03 Å². The first-order valence-corrected chi connectivity index (χ1v) is 7.56. The maximum absolute atomic E-state index is 12.4. The predicted molar refractivity (Wildman–Crippen MR) is 84.8 cm³/mol. The maximum atomic E-state index is 12.4. The molecule has 8 heteroatoms. The Morgan fingerprint density at radius 2 is 2.00 bits per heavy atom. The van der Waals surface area contributed by atoms with Crippen molar-refractivity contribution >= 4 is 30.3 Å². The molecule has 4 amide bonds. The van der Waals surface area contributed by atoms with Crippen LogP contribution in [0.4, 0.5) is 4.79 Å². The highest BCUT2D eigenvalue weighted by atomic mass is 35.5. The van der Waals surface area contributed by atoms with Gasteiger partial charge in [-0.15, -0.1) is 12.4 Å². The summed E-state index contributed by atoms with van der Waals surface area (Å²) < 4.78 is 0. The molecule has 1 saturated carbocycles. The number of halogens is 1. The molecule has 1 heterocycles. The van der Waals surface area contributed by atoms with E-state index in [0.29, 0.717) is 19.4 Å². The van der Waals surface area contributed by atoms with Crippen molar-refractivity contribution in [2.24, 2.45) is 0 Å². The Balaban J connectivity index is 0.00000242. The second-order valence-corrected chi connectivity index (χ2v) is 5.92. The molecule has 2 aliphatic rings. The average Bonchev–Trinajstić information content (AvgIpc) is 3.02. The van der Waals surface area contributed by atoms with Gasteiger partial charge in [0.15, 0.2) is 0 Å². The van der Waals surface area contributed by atoms with Crippen molar-refractivity contribution in [3.05, 3.63) is 0 Å².